The number of carbonyl (C=O) groups excluding carboxylic acids is 2. The van der Waals surface area contributed by atoms with Gasteiger partial charge >= 0.3 is 5.97 Å². The van der Waals surface area contributed by atoms with E-state index in [-0.39, 0.29) is 43.3 Å². The maximum absolute atomic E-state index is 14.4. The Balaban J connectivity index is 1.36. The lowest BCUT2D eigenvalue weighted by Gasteiger charge is -2.28. The van der Waals surface area contributed by atoms with Crippen molar-refractivity contribution in [2.75, 3.05) is 46.2 Å². The largest absolute Gasteiger partial charge is 0.494 e. The molecule has 10 heteroatoms. The topological polar surface area (TPSA) is 102 Å². The minimum atomic E-state index is -0.376. The van der Waals surface area contributed by atoms with Crippen molar-refractivity contribution in [2.45, 2.75) is 38.8 Å². The minimum Gasteiger partial charge on any atom is -0.494 e. The molecule has 1 aliphatic heterocycles. The Morgan fingerprint density at radius 2 is 1.80 bits per heavy atom. The van der Waals surface area contributed by atoms with Crippen LogP contribution in [0, 0.1) is 5.82 Å². The number of hydrogen-bond acceptors (Lipinski definition) is 8. The van der Waals surface area contributed by atoms with Crippen molar-refractivity contribution in [3.05, 3.63) is 82.6 Å². The predicted molar refractivity (Wildman–Crippen MR) is 167 cm³/mol. The number of likely N-dealkylation sites (tertiary alicyclic amines) is 1. The average Bonchev–Trinajstić information content (AvgIpc) is 3.63. The van der Waals surface area contributed by atoms with Crippen molar-refractivity contribution in [2.24, 2.45) is 0 Å². The number of piperidine rings is 1. The fourth-order valence-electron chi connectivity index (χ4n) is 5.65. The Kier molecular flexibility index (Phi) is 9.69. The van der Waals surface area contributed by atoms with Gasteiger partial charge in [0.1, 0.15) is 41.4 Å². The Morgan fingerprint density at radius 1 is 1.07 bits per heavy atom. The number of nitrogens with zero attached hydrogens (tertiary/aromatic N) is 1. The number of allylic oxidation sites excluding steroid dienone is 2. The molecule has 1 saturated heterocycles. The predicted octanol–water partition coefficient (Wildman–Crippen LogP) is 5.52. The number of esters is 1. The lowest BCUT2D eigenvalue weighted by Crippen LogP contribution is -2.36. The number of benzene rings is 2. The molecule has 1 aromatic heterocycles. The van der Waals surface area contributed by atoms with E-state index in [4.69, 9.17) is 18.6 Å². The fraction of sp³-hybridized carbons (Fsp3) is 0.353. The molecule has 1 amide bonds. The number of nitrogens with one attached hydrogen (secondary N) is 2. The molecule has 2 heterocycles. The van der Waals surface area contributed by atoms with Crippen molar-refractivity contribution >= 4 is 34.8 Å². The van der Waals surface area contributed by atoms with Crippen LogP contribution in [0.5, 0.6) is 11.5 Å². The van der Waals surface area contributed by atoms with Gasteiger partial charge in [-0.3, -0.25) is 9.59 Å². The first-order chi connectivity index (χ1) is 21.2. The van der Waals surface area contributed by atoms with Gasteiger partial charge in [-0.15, -0.1) is 0 Å². The van der Waals surface area contributed by atoms with Crippen molar-refractivity contribution in [3.63, 3.8) is 0 Å². The standard InChI is InChI=1S/C34H38FN3O6/c1-21-27(26-8-7-23(35)17-29(26)28(21)18-32(39)36-19-25-6-5-13-43-25)14-22-15-30(41-3)34(31(16-22)42-4)37-20-33(40)44-24-9-11-38(2)12-10-24/h5-8,13-17,24,37H,9-12,18-20H2,1-4H3,(H,36,39)/b27-14-. The number of ether oxygens (including phenoxy) is 3. The zero-order valence-electron chi connectivity index (χ0n) is 25.5. The van der Waals surface area contributed by atoms with Gasteiger partial charge in [-0.2, -0.15) is 0 Å². The second kappa shape index (κ2) is 13.8. The molecule has 0 saturated carbocycles. The summed E-state index contributed by atoms with van der Waals surface area (Å²) in [5, 5.41) is 5.99. The highest BCUT2D eigenvalue weighted by Gasteiger charge is 2.26. The Morgan fingerprint density at radius 3 is 2.45 bits per heavy atom. The first-order valence-corrected chi connectivity index (χ1v) is 14.6. The molecule has 232 valence electrons. The maximum atomic E-state index is 14.4. The van der Waals surface area contributed by atoms with Crippen LogP contribution in [-0.2, 0) is 20.9 Å². The second-order valence-electron chi connectivity index (χ2n) is 11.0. The minimum absolute atomic E-state index is 0.0361. The van der Waals surface area contributed by atoms with Gasteiger partial charge in [-0.05, 0) is 103 Å². The van der Waals surface area contributed by atoms with E-state index in [1.54, 1.807) is 38.7 Å². The molecule has 0 bridgehead atoms. The zero-order valence-corrected chi connectivity index (χ0v) is 25.5. The molecule has 1 aliphatic carbocycles. The lowest BCUT2D eigenvalue weighted by atomic mass is 10.00. The van der Waals surface area contributed by atoms with Gasteiger partial charge in [-0.25, -0.2) is 4.39 Å². The first kappa shape index (κ1) is 30.9. The average molecular weight is 604 g/mol. The monoisotopic (exact) mass is 603 g/mol. The highest BCUT2D eigenvalue weighted by atomic mass is 19.1. The summed E-state index contributed by atoms with van der Waals surface area (Å²) < 4.78 is 36.7. The van der Waals surface area contributed by atoms with E-state index in [0.717, 1.165) is 53.8 Å². The van der Waals surface area contributed by atoms with Crippen LogP contribution < -0.4 is 20.1 Å². The molecular formula is C34H38FN3O6. The summed E-state index contributed by atoms with van der Waals surface area (Å²) in [7, 11) is 5.15. The van der Waals surface area contributed by atoms with Crippen LogP contribution in [0.25, 0.3) is 17.2 Å². The number of furan rings is 1. The van der Waals surface area contributed by atoms with Gasteiger partial charge in [0.15, 0.2) is 0 Å². The number of halogens is 1. The quantitative estimate of drug-likeness (QED) is 0.277. The van der Waals surface area contributed by atoms with Gasteiger partial charge in [0, 0.05) is 13.1 Å². The molecule has 9 nitrogen and oxygen atoms in total. The van der Waals surface area contributed by atoms with E-state index in [0.29, 0.717) is 28.5 Å². The van der Waals surface area contributed by atoms with E-state index in [1.165, 1.54) is 12.1 Å². The number of carbonyl (C=O) groups is 2. The number of fused-ring (bicyclic) bond motifs is 1. The SMILES string of the molecule is COc1cc(/C=C2/C(C)=C(CC(=O)NCc3ccco3)c3cc(F)ccc32)cc(OC)c1NCC(=O)OC1CCN(C)CC1. The van der Waals surface area contributed by atoms with E-state index >= 15 is 0 Å². The summed E-state index contributed by atoms with van der Waals surface area (Å²) in [6, 6.07) is 11.8. The molecule has 0 atom stereocenters. The number of hydrogen-bond donors (Lipinski definition) is 2. The molecule has 44 heavy (non-hydrogen) atoms. The van der Waals surface area contributed by atoms with Gasteiger partial charge < -0.3 is 34.2 Å². The van der Waals surface area contributed by atoms with Crippen LogP contribution in [0.2, 0.25) is 0 Å². The Labute approximate surface area is 256 Å². The number of amides is 1. The molecule has 3 aromatic rings. The van der Waals surface area contributed by atoms with Crippen LogP contribution in [0.15, 0.2) is 58.7 Å². The molecule has 2 aliphatic rings. The summed E-state index contributed by atoms with van der Waals surface area (Å²) in [6.07, 6.45) is 5.16. The third kappa shape index (κ3) is 7.14. The van der Waals surface area contributed by atoms with Gasteiger partial charge in [-0.1, -0.05) is 6.07 Å². The number of methoxy groups -OCH3 is 2. The van der Waals surface area contributed by atoms with Crippen molar-refractivity contribution in [3.8, 4) is 11.5 Å². The molecular weight excluding hydrogens is 565 g/mol. The molecule has 5 rings (SSSR count). The Bertz CT molecular complexity index is 1550. The molecule has 0 radical (unpaired) electrons. The van der Waals surface area contributed by atoms with Crippen LogP contribution in [0.4, 0.5) is 10.1 Å². The fourth-order valence-corrected chi connectivity index (χ4v) is 5.65. The lowest BCUT2D eigenvalue weighted by molar-refractivity contribution is -0.148. The smallest absolute Gasteiger partial charge is 0.325 e. The highest BCUT2D eigenvalue weighted by molar-refractivity contribution is 6.08. The van der Waals surface area contributed by atoms with Gasteiger partial charge in [0.25, 0.3) is 0 Å². The second-order valence-corrected chi connectivity index (χ2v) is 11.0. The van der Waals surface area contributed by atoms with Crippen molar-refractivity contribution in [1.82, 2.24) is 10.2 Å². The maximum Gasteiger partial charge on any atom is 0.325 e. The van der Waals surface area contributed by atoms with Crippen LogP contribution in [0.3, 0.4) is 0 Å². The zero-order chi connectivity index (χ0) is 31.2. The third-order valence-corrected chi connectivity index (χ3v) is 8.04. The van der Waals surface area contributed by atoms with Gasteiger partial charge in [0.05, 0.1) is 33.4 Å². The van der Waals surface area contributed by atoms with Crippen LogP contribution >= 0.6 is 0 Å². The highest BCUT2D eigenvalue weighted by Crippen LogP contribution is 2.45. The van der Waals surface area contributed by atoms with Crippen molar-refractivity contribution < 1.29 is 32.6 Å². The summed E-state index contributed by atoms with van der Waals surface area (Å²) in [5.74, 6) is 0.711. The summed E-state index contributed by atoms with van der Waals surface area (Å²) in [5.41, 5.74) is 5.30. The van der Waals surface area contributed by atoms with E-state index < -0.39 is 0 Å². The first-order valence-electron chi connectivity index (χ1n) is 14.6. The molecule has 2 aromatic carbocycles. The normalized spacial score (nSPS) is 16.2. The molecule has 0 spiro atoms. The number of anilines is 1. The Hall–Kier alpha value is -4.57. The molecule has 0 unspecified atom stereocenters. The molecule has 1 fully saturated rings. The van der Waals surface area contributed by atoms with Crippen molar-refractivity contribution in [1.29, 1.82) is 0 Å². The van der Waals surface area contributed by atoms with Crippen LogP contribution in [0.1, 0.15) is 48.6 Å². The van der Waals surface area contributed by atoms with E-state index in [2.05, 4.69) is 22.6 Å². The van der Waals surface area contributed by atoms with Crippen LogP contribution in [-0.4, -0.2) is 63.8 Å². The van der Waals surface area contributed by atoms with E-state index in [1.807, 2.05) is 25.1 Å². The van der Waals surface area contributed by atoms with Gasteiger partial charge in [0.2, 0.25) is 5.91 Å². The van der Waals surface area contributed by atoms with E-state index in [9.17, 15) is 14.0 Å². The third-order valence-electron chi connectivity index (χ3n) is 8.04. The molecule has 2 N–H and O–H groups in total. The summed E-state index contributed by atoms with van der Waals surface area (Å²) in [6.45, 7) is 3.97. The summed E-state index contributed by atoms with van der Waals surface area (Å²) in [4.78, 5) is 27.7. The number of rotatable bonds is 11. The summed E-state index contributed by atoms with van der Waals surface area (Å²) >= 11 is 0.